The molecular formula is C24H30N2O5. The fraction of sp³-hybridized carbons (Fsp3) is 0.708. The molecule has 1 heterocycles. The highest BCUT2D eigenvalue weighted by Gasteiger charge is 2.73. The van der Waals surface area contributed by atoms with Crippen molar-refractivity contribution in [3.05, 3.63) is 23.8 Å². The first kappa shape index (κ1) is 20.7. The maximum atomic E-state index is 13.4. The highest BCUT2D eigenvalue weighted by Crippen LogP contribution is 2.70. The minimum absolute atomic E-state index is 0.00584. The van der Waals surface area contributed by atoms with Crippen LogP contribution in [0, 0.1) is 34.5 Å². The van der Waals surface area contributed by atoms with E-state index in [4.69, 9.17) is 4.74 Å². The van der Waals surface area contributed by atoms with Gasteiger partial charge in [-0.2, -0.15) is 10.2 Å². The first-order chi connectivity index (χ1) is 14.6. The normalized spacial score (nSPS) is 47.2. The average molecular weight is 427 g/mol. The molecule has 0 aromatic rings. The van der Waals surface area contributed by atoms with Crippen LogP contribution in [0.4, 0.5) is 0 Å². The number of ketones is 2. The summed E-state index contributed by atoms with van der Waals surface area (Å²) in [6, 6.07) is 0. The van der Waals surface area contributed by atoms with Gasteiger partial charge in [-0.3, -0.25) is 14.4 Å². The van der Waals surface area contributed by atoms with Gasteiger partial charge in [0.2, 0.25) is 5.78 Å². The molecule has 3 fully saturated rings. The van der Waals surface area contributed by atoms with Crippen LogP contribution in [-0.2, 0) is 19.1 Å². The van der Waals surface area contributed by atoms with Crippen molar-refractivity contribution in [1.82, 2.24) is 0 Å². The summed E-state index contributed by atoms with van der Waals surface area (Å²) in [6.07, 6.45) is 7.75. The number of fused-ring (bicyclic) bond motifs is 7. The molecule has 7 heteroatoms. The van der Waals surface area contributed by atoms with Gasteiger partial charge in [-0.15, -0.1) is 0 Å². The Bertz CT molecular complexity index is 954. The number of aliphatic hydroxyl groups excluding tert-OH is 1. The highest BCUT2D eigenvalue weighted by molar-refractivity contribution is 6.01. The quantitative estimate of drug-likeness (QED) is 0.699. The van der Waals surface area contributed by atoms with Gasteiger partial charge in [0.1, 0.15) is 0 Å². The van der Waals surface area contributed by atoms with Crippen molar-refractivity contribution >= 4 is 17.5 Å². The lowest BCUT2D eigenvalue weighted by Crippen LogP contribution is -2.61. The lowest BCUT2D eigenvalue weighted by atomic mass is 9.46. The second kappa shape index (κ2) is 6.67. The maximum Gasteiger partial charge on any atom is 0.303 e. The molecule has 0 amide bonds. The van der Waals surface area contributed by atoms with E-state index in [1.807, 2.05) is 6.08 Å². The Morgan fingerprint density at radius 3 is 2.84 bits per heavy atom. The number of carbonyl (C=O) groups excluding carboxylic acids is 3. The molecule has 8 atom stereocenters. The van der Waals surface area contributed by atoms with E-state index in [9.17, 15) is 19.5 Å². The van der Waals surface area contributed by atoms with Gasteiger partial charge in [0.25, 0.3) is 0 Å². The van der Waals surface area contributed by atoms with Crippen LogP contribution in [0.3, 0.4) is 0 Å². The molecule has 0 radical (unpaired) electrons. The predicted octanol–water partition coefficient (Wildman–Crippen LogP) is 2.83. The van der Waals surface area contributed by atoms with Gasteiger partial charge in [-0.1, -0.05) is 25.5 Å². The Hall–Kier alpha value is -2.15. The summed E-state index contributed by atoms with van der Waals surface area (Å²) >= 11 is 0. The Kier molecular flexibility index (Phi) is 4.46. The number of esters is 1. The number of azo groups is 1. The smallest absolute Gasteiger partial charge is 0.303 e. The summed E-state index contributed by atoms with van der Waals surface area (Å²) in [7, 11) is 0. The average Bonchev–Trinajstić information content (AvgIpc) is 3.23. The molecule has 0 spiro atoms. The zero-order chi connectivity index (χ0) is 22.2. The minimum atomic E-state index is -1.03. The Balaban J connectivity index is 1.54. The van der Waals surface area contributed by atoms with Gasteiger partial charge in [0.05, 0.1) is 12.6 Å². The highest BCUT2D eigenvalue weighted by atomic mass is 16.5. The van der Waals surface area contributed by atoms with Crippen molar-refractivity contribution in [3.63, 3.8) is 0 Å². The van der Waals surface area contributed by atoms with E-state index in [1.54, 1.807) is 12.2 Å². The van der Waals surface area contributed by atoms with Crippen LogP contribution in [-0.4, -0.2) is 47.4 Å². The van der Waals surface area contributed by atoms with Gasteiger partial charge < -0.3 is 9.84 Å². The molecule has 0 saturated heterocycles. The van der Waals surface area contributed by atoms with Crippen LogP contribution < -0.4 is 0 Å². The lowest BCUT2D eigenvalue weighted by molar-refractivity contribution is -0.154. The molecule has 0 aromatic heterocycles. The van der Waals surface area contributed by atoms with E-state index in [2.05, 4.69) is 24.1 Å². The summed E-state index contributed by atoms with van der Waals surface area (Å²) in [5, 5.41) is 20.3. The summed E-state index contributed by atoms with van der Waals surface area (Å²) in [6.45, 7) is 5.72. The van der Waals surface area contributed by atoms with Crippen LogP contribution in [0.2, 0.25) is 0 Å². The second-order valence-electron chi connectivity index (χ2n) is 10.5. The summed E-state index contributed by atoms with van der Waals surface area (Å²) in [5.74, 6) is -0.236. The first-order valence-corrected chi connectivity index (χ1v) is 11.3. The number of allylic oxidation sites excluding steroid dienone is 4. The summed E-state index contributed by atoms with van der Waals surface area (Å²) < 4.78 is 5.07. The number of Topliss-reactive ketones (excluding diaryl/α,β-unsaturated/α-hetero) is 1. The summed E-state index contributed by atoms with van der Waals surface area (Å²) in [4.78, 5) is 36.8. The van der Waals surface area contributed by atoms with E-state index in [0.717, 1.165) is 24.8 Å². The molecule has 1 N–H and O–H groups in total. The second-order valence-corrected chi connectivity index (χ2v) is 10.5. The zero-order valence-electron chi connectivity index (χ0n) is 18.3. The van der Waals surface area contributed by atoms with Crippen molar-refractivity contribution in [2.75, 3.05) is 13.2 Å². The van der Waals surface area contributed by atoms with E-state index >= 15 is 0 Å². The number of ether oxygens (including phenoxy) is 1. The topological polar surface area (TPSA) is 105 Å². The third-order valence-electron chi connectivity index (χ3n) is 9.25. The monoisotopic (exact) mass is 426 g/mol. The molecule has 7 nitrogen and oxygen atoms in total. The number of hydrogen-bond acceptors (Lipinski definition) is 7. The van der Waals surface area contributed by atoms with Crippen LogP contribution in [0.5, 0.6) is 0 Å². The van der Waals surface area contributed by atoms with Gasteiger partial charge in [-0.25, -0.2) is 0 Å². The third-order valence-corrected chi connectivity index (χ3v) is 9.25. The number of aliphatic hydroxyl groups is 1. The van der Waals surface area contributed by atoms with Gasteiger partial charge >= 0.3 is 5.97 Å². The van der Waals surface area contributed by atoms with E-state index in [1.165, 1.54) is 6.92 Å². The lowest BCUT2D eigenvalue weighted by Gasteiger charge is -2.59. The standard InChI is InChI=1S/C24H30N2O5/c1-13(27)31-12-20(30)24-15(11-25-26-24)9-18-17-5-4-14-8-16(28)6-7-22(14,2)21(17)19(29)10-23(18,24)3/h6-8,15,17-19,21,29H,4-5,9-12H2,1-3H3/t15-,17-,18-,19-,21+,22-,23-,24-/m0/s1. The van der Waals surface area contributed by atoms with Crippen LogP contribution in [0.25, 0.3) is 0 Å². The van der Waals surface area contributed by atoms with Crippen molar-refractivity contribution in [1.29, 1.82) is 0 Å². The molecule has 0 bridgehead atoms. The molecule has 31 heavy (non-hydrogen) atoms. The van der Waals surface area contributed by atoms with E-state index in [0.29, 0.717) is 13.0 Å². The first-order valence-electron chi connectivity index (χ1n) is 11.3. The number of rotatable bonds is 3. The van der Waals surface area contributed by atoms with E-state index in [-0.39, 0.29) is 47.3 Å². The fourth-order valence-corrected chi connectivity index (χ4v) is 8.02. The molecule has 0 aromatic carbocycles. The van der Waals surface area contributed by atoms with Gasteiger partial charge in [-0.05, 0) is 49.7 Å². The van der Waals surface area contributed by atoms with Crippen LogP contribution in [0.15, 0.2) is 34.0 Å². The Morgan fingerprint density at radius 2 is 2.10 bits per heavy atom. The Morgan fingerprint density at radius 1 is 1.32 bits per heavy atom. The van der Waals surface area contributed by atoms with Crippen molar-refractivity contribution in [2.45, 2.75) is 58.1 Å². The van der Waals surface area contributed by atoms with Crippen LogP contribution in [0.1, 0.15) is 46.5 Å². The molecule has 5 rings (SSSR count). The van der Waals surface area contributed by atoms with Crippen molar-refractivity contribution in [3.8, 4) is 0 Å². The molecule has 5 aliphatic rings. The van der Waals surface area contributed by atoms with Gasteiger partial charge in [0, 0.05) is 29.6 Å². The fourth-order valence-electron chi connectivity index (χ4n) is 8.02. The van der Waals surface area contributed by atoms with Crippen molar-refractivity contribution < 1.29 is 24.2 Å². The SMILES string of the molecule is CC(=O)OCC(=O)[C@@]12N=NC[C@@H]1C[C@H]1[C@@H]3CCC4=CC(=O)C=C[C@]4(C)[C@H]3[C@@H](O)C[C@@]12C. The number of hydrogen-bond donors (Lipinski definition) is 1. The largest absolute Gasteiger partial charge is 0.458 e. The van der Waals surface area contributed by atoms with Gasteiger partial charge in [0.15, 0.2) is 17.9 Å². The third kappa shape index (κ3) is 2.58. The molecule has 0 unspecified atom stereocenters. The zero-order valence-corrected chi connectivity index (χ0v) is 18.3. The molecular weight excluding hydrogens is 396 g/mol. The molecule has 3 saturated carbocycles. The molecule has 1 aliphatic heterocycles. The van der Waals surface area contributed by atoms with E-state index < -0.39 is 23.0 Å². The predicted molar refractivity (Wildman–Crippen MR) is 111 cm³/mol. The number of carbonyl (C=O) groups is 3. The van der Waals surface area contributed by atoms with Crippen molar-refractivity contribution in [2.24, 2.45) is 44.7 Å². The maximum absolute atomic E-state index is 13.4. The molecule has 166 valence electrons. The van der Waals surface area contributed by atoms with Crippen LogP contribution >= 0.6 is 0 Å². The number of nitrogens with zero attached hydrogens (tertiary/aromatic N) is 2. The molecule has 4 aliphatic carbocycles. The summed E-state index contributed by atoms with van der Waals surface area (Å²) in [5.41, 5.74) is -0.802. The minimum Gasteiger partial charge on any atom is -0.458 e. The Labute approximate surface area is 182 Å².